The van der Waals surface area contributed by atoms with Crippen LogP contribution in [0.4, 0.5) is 0 Å². The van der Waals surface area contributed by atoms with Gasteiger partial charge in [0.2, 0.25) is 0 Å². The van der Waals surface area contributed by atoms with Gasteiger partial charge in [0.05, 0.1) is 11.8 Å². The van der Waals surface area contributed by atoms with Crippen molar-refractivity contribution in [1.29, 1.82) is 0 Å². The van der Waals surface area contributed by atoms with Crippen LogP contribution in [0.15, 0.2) is 16.5 Å². The molecular formula is C12H21NO4S. The van der Waals surface area contributed by atoms with Crippen molar-refractivity contribution in [2.45, 2.75) is 26.0 Å². The molecule has 6 heteroatoms. The predicted octanol–water partition coefficient (Wildman–Crippen LogP) is 1.51. The third-order valence-electron chi connectivity index (χ3n) is 2.42. The Morgan fingerprint density at radius 1 is 1.44 bits per heavy atom. The second-order valence-electron chi connectivity index (χ2n) is 4.34. The monoisotopic (exact) mass is 275 g/mol. The highest BCUT2D eigenvalue weighted by Gasteiger charge is 2.20. The van der Waals surface area contributed by atoms with Crippen molar-refractivity contribution in [2.24, 2.45) is 0 Å². The normalized spacial score (nSPS) is 13.7. The minimum atomic E-state index is -3.06. The largest absolute Gasteiger partial charge is 0.462 e. The summed E-state index contributed by atoms with van der Waals surface area (Å²) >= 11 is 0. The van der Waals surface area contributed by atoms with E-state index >= 15 is 0 Å². The molecule has 0 aromatic carbocycles. The number of hydrogen-bond donors (Lipinski definition) is 1. The van der Waals surface area contributed by atoms with E-state index < -0.39 is 9.84 Å². The molecule has 1 unspecified atom stereocenters. The average Bonchev–Trinajstić information content (AvgIpc) is 2.72. The molecule has 0 saturated carbocycles. The standard InChI is InChI=1S/C12H21NO4S/c1-4-7-13-11(9-18(3,14)15)12-6-5-10(17-12)8-16-2/h5-6,11,13H,4,7-9H2,1-3H3. The van der Waals surface area contributed by atoms with Gasteiger partial charge in [0.15, 0.2) is 0 Å². The second kappa shape index (κ2) is 6.92. The number of rotatable bonds is 8. The Labute approximate surface area is 108 Å². The van der Waals surface area contributed by atoms with Crippen LogP contribution in [0.1, 0.15) is 30.9 Å². The molecule has 1 rings (SSSR count). The summed E-state index contributed by atoms with van der Waals surface area (Å²) in [6.07, 6.45) is 2.17. The van der Waals surface area contributed by atoms with Crippen molar-refractivity contribution >= 4 is 9.84 Å². The van der Waals surface area contributed by atoms with E-state index in [0.29, 0.717) is 18.1 Å². The van der Waals surface area contributed by atoms with Gasteiger partial charge in [-0.15, -0.1) is 0 Å². The maximum Gasteiger partial charge on any atom is 0.149 e. The molecule has 1 atom stereocenters. The van der Waals surface area contributed by atoms with E-state index in [2.05, 4.69) is 5.32 Å². The van der Waals surface area contributed by atoms with E-state index in [1.54, 1.807) is 13.2 Å². The Balaban J connectivity index is 2.79. The van der Waals surface area contributed by atoms with Crippen molar-refractivity contribution in [1.82, 2.24) is 5.32 Å². The highest BCUT2D eigenvalue weighted by molar-refractivity contribution is 7.90. The van der Waals surface area contributed by atoms with Crippen LogP contribution in [0.3, 0.4) is 0 Å². The molecule has 0 bridgehead atoms. The fourth-order valence-corrected chi connectivity index (χ4v) is 2.55. The van der Waals surface area contributed by atoms with Crippen LogP contribution in [-0.4, -0.2) is 34.1 Å². The zero-order valence-electron chi connectivity index (χ0n) is 11.1. The molecule has 104 valence electrons. The van der Waals surface area contributed by atoms with Gasteiger partial charge in [0.1, 0.15) is 28.0 Å². The van der Waals surface area contributed by atoms with Crippen LogP contribution in [0.2, 0.25) is 0 Å². The molecule has 1 heterocycles. The van der Waals surface area contributed by atoms with Gasteiger partial charge in [-0.2, -0.15) is 0 Å². The molecule has 1 aromatic rings. The summed E-state index contributed by atoms with van der Waals surface area (Å²) in [4.78, 5) is 0. The lowest BCUT2D eigenvalue weighted by atomic mass is 10.2. The van der Waals surface area contributed by atoms with E-state index in [1.807, 2.05) is 13.0 Å². The van der Waals surface area contributed by atoms with Crippen molar-refractivity contribution in [3.05, 3.63) is 23.7 Å². The van der Waals surface area contributed by atoms with Gasteiger partial charge in [-0.1, -0.05) is 6.92 Å². The van der Waals surface area contributed by atoms with Crippen LogP contribution in [0, 0.1) is 0 Å². The van der Waals surface area contributed by atoms with E-state index in [-0.39, 0.29) is 11.8 Å². The van der Waals surface area contributed by atoms with Crippen LogP contribution in [0.5, 0.6) is 0 Å². The molecule has 0 aliphatic heterocycles. The Hall–Kier alpha value is -0.850. The molecule has 0 spiro atoms. The number of ether oxygens (including phenoxy) is 1. The number of methoxy groups -OCH3 is 1. The predicted molar refractivity (Wildman–Crippen MR) is 70.2 cm³/mol. The first-order valence-corrected chi connectivity index (χ1v) is 8.01. The van der Waals surface area contributed by atoms with Gasteiger partial charge in [-0.3, -0.25) is 0 Å². The Kier molecular flexibility index (Phi) is 5.84. The summed E-state index contributed by atoms with van der Waals surface area (Å²) in [6, 6.07) is 3.31. The Morgan fingerprint density at radius 2 is 2.17 bits per heavy atom. The highest BCUT2D eigenvalue weighted by atomic mass is 32.2. The van der Waals surface area contributed by atoms with Crippen LogP contribution >= 0.6 is 0 Å². The Bertz CT molecular complexity index is 452. The van der Waals surface area contributed by atoms with Crippen molar-refractivity contribution in [3.63, 3.8) is 0 Å². The topological polar surface area (TPSA) is 68.5 Å². The molecule has 0 aliphatic carbocycles. The number of nitrogens with one attached hydrogen (secondary N) is 1. The third kappa shape index (κ3) is 5.20. The first-order chi connectivity index (χ1) is 8.46. The summed E-state index contributed by atoms with van der Waals surface area (Å²) < 4.78 is 33.4. The lowest BCUT2D eigenvalue weighted by molar-refractivity contribution is 0.161. The molecule has 0 saturated heterocycles. The summed E-state index contributed by atoms with van der Waals surface area (Å²) in [5.41, 5.74) is 0. The van der Waals surface area contributed by atoms with E-state index in [1.165, 1.54) is 6.26 Å². The molecule has 1 N–H and O–H groups in total. The van der Waals surface area contributed by atoms with E-state index in [0.717, 1.165) is 13.0 Å². The zero-order chi connectivity index (χ0) is 13.6. The minimum absolute atomic E-state index is 0.0347. The zero-order valence-corrected chi connectivity index (χ0v) is 11.9. The van der Waals surface area contributed by atoms with Gasteiger partial charge in [-0.25, -0.2) is 8.42 Å². The van der Waals surface area contributed by atoms with Crippen molar-refractivity contribution in [3.8, 4) is 0 Å². The van der Waals surface area contributed by atoms with Gasteiger partial charge < -0.3 is 14.5 Å². The SMILES string of the molecule is CCCNC(CS(C)(=O)=O)c1ccc(COC)o1. The molecule has 0 amide bonds. The summed E-state index contributed by atoms with van der Waals surface area (Å²) in [6.45, 7) is 3.17. The lowest BCUT2D eigenvalue weighted by Crippen LogP contribution is -2.28. The van der Waals surface area contributed by atoms with Gasteiger partial charge in [0, 0.05) is 13.4 Å². The molecule has 5 nitrogen and oxygen atoms in total. The van der Waals surface area contributed by atoms with E-state index in [9.17, 15) is 8.42 Å². The summed E-state index contributed by atoms with van der Waals surface area (Å²) in [5, 5.41) is 3.18. The fraction of sp³-hybridized carbons (Fsp3) is 0.667. The van der Waals surface area contributed by atoms with E-state index in [4.69, 9.17) is 9.15 Å². The molecular weight excluding hydrogens is 254 g/mol. The number of furan rings is 1. The fourth-order valence-electron chi connectivity index (χ4n) is 1.66. The number of hydrogen-bond acceptors (Lipinski definition) is 5. The summed E-state index contributed by atoms with van der Waals surface area (Å²) in [7, 11) is -1.47. The molecule has 0 radical (unpaired) electrons. The van der Waals surface area contributed by atoms with Crippen LogP contribution < -0.4 is 5.32 Å². The van der Waals surface area contributed by atoms with Gasteiger partial charge in [0.25, 0.3) is 0 Å². The molecule has 18 heavy (non-hydrogen) atoms. The number of sulfone groups is 1. The smallest absolute Gasteiger partial charge is 0.149 e. The molecule has 1 aromatic heterocycles. The Morgan fingerprint density at radius 3 is 2.72 bits per heavy atom. The van der Waals surface area contributed by atoms with Crippen LogP contribution in [-0.2, 0) is 21.2 Å². The summed E-state index contributed by atoms with van der Waals surface area (Å²) in [5.74, 6) is 1.37. The minimum Gasteiger partial charge on any atom is -0.462 e. The van der Waals surface area contributed by atoms with Gasteiger partial charge in [-0.05, 0) is 25.1 Å². The van der Waals surface area contributed by atoms with Crippen LogP contribution in [0.25, 0.3) is 0 Å². The van der Waals surface area contributed by atoms with Crippen molar-refractivity contribution < 1.29 is 17.6 Å². The highest BCUT2D eigenvalue weighted by Crippen LogP contribution is 2.19. The lowest BCUT2D eigenvalue weighted by Gasteiger charge is -2.15. The quantitative estimate of drug-likeness (QED) is 0.779. The third-order valence-corrected chi connectivity index (χ3v) is 3.36. The molecule has 0 aliphatic rings. The maximum atomic E-state index is 11.4. The first-order valence-electron chi connectivity index (χ1n) is 5.95. The average molecular weight is 275 g/mol. The van der Waals surface area contributed by atoms with Gasteiger partial charge >= 0.3 is 0 Å². The first kappa shape index (κ1) is 15.2. The maximum absolute atomic E-state index is 11.4. The second-order valence-corrected chi connectivity index (χ2v) is 6.52. The van der Waals surface area contributed by atoms with Crippen molar-refractivity contribution in [2.75, 3.05) is 25.7 Å². The molecule has 0 fully saturated rings.